The lowest BCUT2D eigenvalue weighted by molar-refractivity contribution is -0.130. The Hall–Kier alpha value is -2.39. The number of carbonyl (C=O) groups is 3. The van der Waals surface area contributed by atoms with Crippen molar-refractivity contribution < 1.29 is 19.1 Å². The summed E-state index contributed by atoms with van der Waals surface area (Å²) < 4.78 is 6.33. The lowest BCUT2D eigenvalue weighted by Crippen LogP contribution is -2.46. The Balaban J connectivity index is 1.54. The number of ether oxygens (including phenoxy) is 1. The number of anilines is 1. The number of fused-ring (bicyclic) bond motifs is 1. The normalized spacial score (nSPS) is 15.7. The number of thiophene rings is 1. The van der Waals surface area contributed by atoms with Crippen molar-refractivity contribution in [2.45, 2.75) is 12.5 Å². The van der Waals surface area contributed by atoms with Crippen LogP contribution in [-0.4, -0.2) is 23.8 Å². The Morgan fingerprint density at radius 2 is 2.00 bits per heavy atom. The summed E-state index contributed by atoms with van der Waals surface area (Å²) in [5.41, 5.74) is 5.14. The van der Waals surface area contributed by atoms with Crippen LogP contribution in [0.2, 0.25) is 0 Å². The molecule has 0 aliphatic carbocycles. The van der Waals surface area contributed by atoms with Crippen molar-refractivity contribution in [2.24, 2.45) is 0 Å². The first-order valence-electron chi connectivity index (χ1n) is 6.94. The molecule has 24 heavy (non-hydrogen) atoms. The number of carbonyl (C=O) groups excluding carboxylic acids is 3. The highest BCUT2D eigenvalue weighted by atomic mass is 79.9. The standard InChI is InChI=1S/C15H12BrN3O4S/c16-12-6-5-11(24-12)15(22)19-18-13(20)7-10-14(21)17-8-3-1-2-4-9(8)23-10/h1-6,10H,7H2,(H,17,21)(H,18,20)(H,19,22)/t10-/m0/s1. The number of hydrogen-bond donors (Lipinski definition) is 3. The molecule has 0 unspecified atom stereocenters. The first kappa shape index (κ1) is 16.5. The van der Waals surface area contributed by atoms with Gasteiger partial charge in [0, 0.05) is 0 Å². The summed E-state index contributed by atoms with van der Waals surface area (Å²) in [7, 11) is 0. The Morgan fingerprint density at radius 3 is 2.75 bits per heavy atom. The predicted molar refractivity (Wildman–Crippen MR) is 91.7 cm³/mol. The van der Waals surface area contributed by atoms with E-state index in [2.05, 4.69) is 32.1 Å². The number of amides is 3. The van der Waals surface area contributed by atoms with E-state index >= 15 is 0 Å². The van der Waals surface area contributed by atoms with Gasteiger partial charge in [0.15, 0.2) is 6.10 Å². The van der Waals surface area contributed by atoms with Crippen LogP contribution in [0.15, 0.2) is 40.2 Å². The molecule has 9 heteroatoms. The number of para-hydroxylation sites is 2. The lowest BCUT2D eigenvalue weighted by Gasteiger charge is -2.25. The molecule has 0 bridgehead atoms. The summed E-state index contributed by atoms with van der Waals surface area (Å²) in [5, 5.41) is 2.67. The van der Waals surface area contributed by atoms with Gasteiger partial charge in [-0.25, -0.2) is 0 Å². The summed E-state index contributed by atoms with van der Waals surface area (Å²) in [6, 6.07) is 10.3. The molecular formula is C15H12BrN3O4S. The molecule has 3 amide bonds. The average molecular weight is 410 g/mol. The molecule has 1 aliphatic heterocycles. The van der Waals surface area contributed by atoms with E-state index in [4.69, 9.17) is 4.74 Å². The van der Waals surface area contributed by atoms with Crippen molar-refractivity contribution in [2.75, 3.05) is 5.32 Å². The van der Waals surface area contributed by atoms with Crippen molar-refractivity contribution in [3.05, 3.63) is 45.1 Å². The molecule has 2 aromatic rings. The van der Waals surface area contributed by atoms with Gasteiger partial charge in [-0.05, 0) is 40.2 Å². The van der Waals surface area contributed by atoms with Gasteiger partial charge >= 0.3 is 0 Å². The van der Waals surface area contributed by atoms with Gasteiger partial charge in [-0.15, -0.1) is 11.3 Å². The van der Waals surface area contributed by atoms with Gasteiger partial charge in [0.1, 0.15) is 5.75 Å². The highest BCUT2D eigenvalue weighted by Crippen LogP contribution is 2.29. The minimum absolute atomic E-state index is 0.214. The van der Waals surface area contributed by atoms with Gasteiger partial charge in [0.25, 0.3) is 11.8 Å². The van der Waals surface area contributed by atoms with Crippen molar-refractivity contribution in [1.29, 1.82) is 0 Å². The van der Waals surface area contributed by atoms with Gasteiger partial charge in [-0.3, -0.25) is 25.2 Å². The third-order valence-electron chi connectivity index (χ3n) is 3.19. The van der Waals surface area contributed by atoms with Crippen LogP contribution >= 0.6 is 27.3 Å². The molecule has 7 nitrogen and oxygen atoms in total. The van der Waals surface area contributed by atoms with Gasteiger partial charge < -0.3 is 10.1 Å². The quantitative estimate of drug-likeness (QED) is 0.675. The van der Waals surface area contributed by atoms with Crippen molar-refractivity contribution in [1.82, 2.24) is 10.9 Å². The van der Waals surface area contributed by atoms with Crippen LogP contribution in [0.5, 0.6) is 5.75 Å². The second-order valence-electron chi connectivity index (χ2n) is 4.90. The van der Waals surface area contributed by atoms with Gasteiger partial charge in [-0.1, -0.05) is 12.1 Å². The number of rotatable bonds is 3. The van der Waals surface area contributed by atoms with Crippen LogP contribution in [0.1, 0.15) is 16.1 Å². The zero-order chi connectivity index (χ0) is 17.1. The van der Waals surface area contributed by atoms with Crippen LogP contribution in [0.25, 0.3) is 0 Å². The van der Waals surface area contributed by atoms with E-state index < -0.39 is 23.8 Å². The lowest BCUT2D eigenvalue weighted by atomic mass is 10.1. The monoisotopic (exact) mass is 409 g/mol. The summed E-state index contributed by atoms with van der Waals surface area (Å²) in [6.07, 6.45) is -1.16. The smallest absolute Gasteiger partial charge is 0.279 e. The van der Waals surface area contributed by atoms with Crippen LogP contribution < -0.4 is 20.9 Å². The fourth-order valence-corrected chi connectivity index (χ4v) is 3.35. The first-order chi connectivity index (χ1) is 11.5. The van der Waals surface area contributed by atoms with Gasteiger partial charge in [-0.2, -0.15) is 0 Å². The molecule has 1 atom stereocenters. The molecule has 1 aromatic heterocycles. The molecule has 1 aromatic carbocycles. The maximum atomic E-state index is 11.9. The second kappa shape index (κ2) is 7.02. The molecule has 1 aliphatic rings. The van der Waals surface area contributed by atoms with E-state index in [9.17, 15) is 14.4 Å². The molecule has 3 N–H and O–H groups in total. The van der Waals surface area contributed by atoms with E-state index in [1.807, 2.05) is 0 Å². The van der Waals surface area contributed by atoms with Crippen LogP contribution in [0, 0.1) is 0 Å². The number of nitrogens with one attached hydrogen (secondary N) is 3. The third-order valence-corrected chi connectivity index (χ3v) is 4.81. The SMILES string of the molecule is O=C(C[C@@H]1Oc2ccccc2NC1=O)NNC(=O)c1ccc(Br)s1. The van der Waals surface area contributed by atoms with Crippen LogP contribution in [-0.2, 0) is 9.59 Å². The maximum absolute atomic E-state index is 11.9. The van der Waals surface area contributed by atoms with E-state index in [-0.39, 0.29) is 6.42 Å². The number of halogens is 1. The summed E-state index contributed by atoms with van der Waals surface area (Å²) in [4.78, 5) is 36.1. The van der Waals surface area contributed by atoms with Crippen LogP contribution in [0.3, 0.4) is 0 Å². The van der Waals surface area contributed by atoms with E-state index in [0.29, 0.717) is 16.3 Å². The molecule has 124 valence electrons. The molecule has 3 rings (SSSR count). The average Bonchev–Trinajstić information content (AvgIpc) is 3.00. The number of hydrogen-bond acceptors (Lipinski definition) is 5. The second-order valence-corrected chi connectivity index (χ2v) is 7.37. The van der Waals surface area contributed by atoms with Crippen molar-refractivity contribution in [3.8, 4) is 5.75 Å². The minimum Gasteiger partial charge on any atom is -0.478 e. The highest BCUT2D eigenvalue weighted by molar-refractivity contribution is 9.11. The Bertz CT molecular complexity index is 808. The van der Waals surface area contributed by atoms with E-state index in [0.717, 1.165) is 3.79 Å². The first-order valence-corrected chi connectivity index (χ1v) is 8.55. The molecule has 0 fully saturated rings. The summed E-state index contributed by atoms with van der Waals surface area (Å²) in [5.74, 6) is -0.864. The predicted octanol–water partition coefficient (Wildman–Crippen LogP) is 2.06. The highest BCUT2D eigenvalue weighted by Gasteiger charge is 2.29. The largest absolute Gasteiger partial charge is 0.478 e. The molecule has 2 heterocycles. The maximum Gasteiger partial charge on any atom is 0.279 e. The minimum atomic E-state index is -0.951. The van der Waals surface area contributed by atoms with Crippen molar-refractivity contribution in [3.63, 3.8) is 0 Å². The number of hydrazine groups is 1. The third kappa shape index (κ3) is 3.74. The Labute approximate surface area is 149 Å². The fourth-order valence-electron chi connectivity index (χ4n) is 2.07. The fraction of sp³-hybridized carbons (Fsp3) is 0.133. The molecule has 0 saturated carbocycles. The van der Waals surface area contributed by atoms with E-state index in [1.165, 1.54) is 11.3 Å². The molecule has 0 radical (unpaired) electrons. The number of benzene rings is 1. The van der Waals surface area contributed by atoms with Gasteiger partial charge in [0.05, 0.1) is 20.8 Å². The zero-order valence-corrected chi connectivity index (χ0v) is 14.6. The summed E-state index contributed by atoms with van der Waals surface area (Å²) in [6.45, 7) is 0. The van der Waals surface area contributed by atoms with E-state index in [1.54, 1.807) is 36.4 Å². The van der Waals surface area contributed by atoms with Crippen molar-refractivity contribution >= 4 is 50.7 Å². The van der Waals surface area contributed by atoms with Crippen LogP contribution in [0.4, 0.5) is 5.69 Å². The molecular weight excluding hydrogens is 398 g/mol. The Morgan fingerprint density at radius 1 is 1.21 bits per heavy atom. The molecule has 0 saturated heterocycles. The van der Waals surface area contributed by atoms with Gasteiger partial charge in [0.2, 0.25) is 5.91 Å². The Kier molecular flexibility index (Phi) is 4.81. The summed E-state index contributed by atoms with van der Waals surface area (Å²) >= 11 is 4.50. The topological polar surface area (TPSA) is 96.5 Å². The zero-order valence-electron chi connectivity index (χ0n) is 12.2. The molecule has 0 spiro atoms.